The quantitative estimate of drug-likeness (QED) is 0.706. The molecule has 2 heterocycles. The molecule has 0 bridgehead atoms. The van der Waals surface area contributed by atoms with E-state index in [0.29, 0.717) is 5.56 Å². The van der Waals surface area contributed by atoms with Gasteiger partial charge in [0.2, 0.25) is 11.8 Å². The Hall–Kier alpha value is -3.03. The van der Waals surface area contributed by atoms with E-state index in [9.17, 15) is 18.0 Å². The number of rotatable bonds is 6. The van der Waals surface area contributed by atoms with Gasteiger partial charge in [-0.2, -0.15) is 13.2 Å². The van der Waals surface area contributed by atoms with Gasteiger partial charge in [-0.1, -0.05) is 24.3 Å². The standard InChI is InChI=1S/C18H16F3N3O2/c19-18(20,21)11-26-17-12(4-3-7-22-17)9-24-16(25)8-13-10-23-15-6-2-1-5-14(13)15/h1-7,10,23H,8-9,11H2,(H,24,25). The Balaban J connectivity index is 1.61. The molecule has 0 spiro atoms. The number of benzene rings is 1. The van der Waals surface area contributed by atoms with Gasteiger partial charge in [-0.3, -0.25) is 4.79 Å². The van der Waals surface area contributed by atoms with Gasteiger partial charge in [0.05, 0.1) is 6.42 Å². The molecule has 0 fully saturated rings. The highest BCUT2D eigenvalue weighted by Crippen LogP contribution is 2.20. The minimum Gasteiger partial charge on any atom is -0.468 e. The van der Waals surface area contributed by atoms with Crippen LogP contribution in [0, 0.1) is 0 Å². The predicted molar refractivity (Wildman–Crippen MR) is 89.6 cm³/mol. The van der Waals surface area contributed by atoms with Crippen LogP contribution in [0.5, 0.6) is 5.88 Å². The van der Waals surface area contributed by atoms with E-state index in [1.165, 1.54) is 6.20 Å². The largest absolute Gasteiger partial charge is 0.468 e. The highest BCUT2D eigenvalue weighted by molar-refractivity contribution is 5.88. The second-order valence-corrected chi connectivity index (χ2v) is 5.68. The molecule has 3 aromatic rings. The number of amides is 1. The molecule has 0 saturated heterocycles. The summed E-state index contributed by atoms with van der Waals surface area (Å²) in [4.78, 5) is 19.1. The lowest BCUT2D eigenvalue weighted by molar-refractivity contribution is -0.154. The minimum absolute atomic E-state index is 0.0300. The van der Waals surface area contributed by atoms with Crippen molar-refractivity contribution >= 4 is 16.8 Å². The molecule has 0 aliphatic heterocycles. The molecule has 1 amide bonds. The van der Waals surface area contributed by atoms with Gasteiger partial charge in [-0.25, -0.2) is 4.98 Å². The number of nitrogens with one attached hydrogen (secondary N) is 2. The fraction of sp³-hybridized carbons (Fsp3) is 0.222. The molecule has 3 rings (SSSR count). The van der Waals surface area contributed by atoms with Gasteiger partial charge in [0.15, 0.2) is 6.61 Å². The summed E-state index contributed by atoms with van der Waals surface area (Å²) in [6.07, 6.45) is -1.19. The number of H-pyrrole nitrogens is 1. The Morgan fingerprint density at radius 3 is 2.77 bits per heavy atom. The fourth-order valence-electron chi connectivity index (χ4n) is 2.55. The summed E-state index contributed by atoms with van der Waals surface area (Å²) in [5.74, 6) is -0.391. The molecule has 0 aliphatic rings. The maximum Gasteiger partial charge on any atom is 0.422 e. The van der Waals surface area contributed by atoms with E-state index in [1.807, 2.05) is 24.3 Å². The van der Waals surface area contributed by atoms with E-state index in [-0.39, 0.29) is 24.8 Å². The molecule has 2 N–H and O–H groups in total. The summed E-state index contributed by atoms with van der Waals surface area (Å²) in [6, 6.07) is 10.7. The highest BCUT2D eigenvalue weighted by Gasteiger charge is 2.29. The third kappa shape index (κ3) is 4.53. The lowest BCUT2D eigenvalue weighted by Gasteiger charge is -2.12. The third-order valence-corrected chi connectivity index (χ3v) is 3.72. The Labute approximate surface area is 147 Å². The van der Waals surface area contributed by atoms with E-state index in [2.05, 4.69) is 15.3 Å². The Morgan fingerprint density at radius 1 is 1.15 bits per heavy atom. The molecule has 0 aliphatic carbocycles. The number of aromatic nitrogens is 2. The Morgan fingerprint density at radius 2 is 1.96 bits per heavy atom. The molecule has 26 heavy (non-hydrogen) atoms. The summed E-state index contributed by atoms with van der Waals surface area (Å²) in [5, 5.41) is 3.64. The van der Waals surface area contributed by atoms with Gasteiger partial charge >= 0.3 is 6.18 Å². The van der Waals surface area contributed by atoms with Crippen molar-refractivity contribution in [2.45, 2.75) is 19.1 Å². The van der Waals surface area contributed by atoms with Crippen molar-refractivity contribution in [3.8, 4) is 5.88 Å². The van der Waals surface area contributed by atoms with Crippen molar-refractivity contribution in [1.29, 1.82) is 0 Å². The van der Waals surface area contributed by atoms with Crippen molar-refractivity contribution < 1.29 is 22.7 Å². The van der Waals surface area contributed by atoms with Crippen LogP contribution in [0.25, 0.3) is 10.9 Å². The molecule has 0 unspecified atom stereocenters. The average molecular weight is 363 g/mol. The molecule has 0 saturated carbocycles. The first-order valence-corrected chi connectivity index (χ1v) is 7.87. The van der Waals surface area contributed by atoms with Gasteiger partial charge in [-0.15, -0.1) is 0 Å². The fourth-order valence-corrected chi connectivity index (χ4v) is 2.55. The second kappa shape index (κ2) is 7.47. The molecule has 1 aromatic carbocycles. The van der Waals surface area contributed by atoms with Crippen LogP contribution in [-0.2, 0) is 17.8 Å². The van der Waals surface area contributed by atoms with E-state index in [4.69, 9.17) is 4.74 Å². The SMILES string of the molecule is O=C(Cc1c[nH]c2ccccc12)NCc1cccnc1OCC(F)(F)F. The zero-order valence-corrected chi connectivity index (χ0v) is 13.6. The summed E-state index contributed by atoms with van der Waals surface area (Å²) in [5.41, 5.74) is 2.16. The highest BCUT2D eigenvalue weighted by atomic mass is 19.4. The predicted octanol–water partition coefficient (Wildman–Crippen LogP) is 3.36. The second-order valence-electron chi connectivity index (χ2n) is 5.68. The molecular weight excluding hydrogens is 347 g/mol. The van der Waals surface area contributed by atoms with E-state index < -0.39 is 12.8 Å². The summed E-state index contributed by atoms with van der Waals surface area (Å²) >= 11 is 0. The molecule has 2 aromatic heterocycles. The number of carbonyl (C=O) groups is 1. The van der Waals surface area contributed by atoms with Crippen molar-refractivity contribution in [2.75, 3.05) is 6.61 Å². The van der Waals surface area contributed by atoms with Crippen molar-refractivity contribution in [3.05, 3.63) is 59.9 Å². The number of pyridine rings is 1. The maximum atomic E-state index is 12.3. The minimum atomic E-state index is -4.45. The van der Waals surface area contributed by atoms with Crippen LogP contribution in [0.15, 0.2) is 48.8 Å². The topological polar surface area (TPSA) is 67.0 Å². The number of hydrogen-bond donors (Lipinski definition) is 2. The van der Waals surface area contributed by atoms with Gasteiger partial charge in [0, 0.05) is 35.4 Å². The first kappa shape index (κ1) is 17.8. The van der Waals surface area contributed by atoms with Crippen molar-refractivity contribution in [1.82, 2.24) is 15.3 Å². The van der Waals surface area contributed by atoms with Gasteiger partial charge < -0.3 is 15.0 Å². The lowest BCUT2D eigenvalue weighted by Crippen LogP contribution is -2.25. The zero-order chi connectivity index (χ0) is 18.6. The number of nitrogens with zero attached hydrogens (tertiary/aromatic N) is 1. The van der Waals surface area contributed by atoms with Crippen molar-refractivity contribution in [3.63, 3.8) is 0 Å². The molecule has 0 atom stereocenters. The first-order valence-electron chi connectivity index (χ1n) is 7.87. The number of hydrogen-bond acceptors (Lipinski definition) is 3. The van der Waals surface area contributed by atoms with Crippen LogP contribution < -0.4 is 10.1 Å². The van der Waals surface area contributed by atoms with Crippen molar-refractivity contribution in [2.24, 2.45) is 0 Å². The van der Waals surface area contributed by atoms with Crippen LogP contribution in [0.3, 0.4) is 0 Å². The van der Waals surface area contributed by atoms with Crippen LogP contribution in [0.4, 0.5) is 13.2 Å². The molecule has 8 heteroatoms. The average Bonchev–Trinajstić information content (AvgIpc) is 3.01. The zero-order valence-electron chi connectivity index (χ0n) is 13.6. The first-order chi connectivity index (χ1) is 12.4. The van der Waals surface area contributed by atoms with Crippen LogP contribution >= 0.6 is 0 Å². The maximum absolute atomic E-state index is 12.3. The van der Waals surface area contributed by atoms with E-state index in [0.717, 1.165) is 16.5 Å². The number of ether oxygens (including phenoxy) is 1. The summed E-state index contributed by atoms with van der Waals surface area (Å²) in [6.45, 7) is -1.40. The lowest BCUT2D eigenvalue weighted by atomic mass is 10.1. The number of carbonyl (C=O) groups excluding carboxylic acids is 1. The number of alkyl halides is 3. The molecule has 0 radical (unpaired) electrons. The summed E-state index contributed by atoms with van der Waals surface area (Å²) < 4.78 is 41.6. The Bertz CT molecular complexity index is 906. The molecule has 5 nitrogen and oxygen atoms in total. The van der Waals surface area contributed by atoms with E-state index >= 15 is 0 Å². The number of para-hydroxylation sites is 1. The third-order valence-electron chi connectivity index (χ3n) is 3.72. The van der Waals surface area contributed by atoms with Crippen LogP contribution in [0.1, 0.15) is 11.1 Å². The molecule has 136 valence electrons. The number of aromatic amines is 1. The molecular formula is C18H16F3N3O2. The van der Waals surface area contributed by atoms with Crippen LogP contribution in [0.2, 0.25) is 0 Å². The Kier molecular flexibility index (Phi) is 5.11. The monoisotopic (exact) mass is 363 g/mol. The van der Waals surface area contributed by atoms with Gasteiger partial charge in [0.25, 0.3) is 0 Å². The number of fused-ring (bicyclic) bond motifs is 1. The number of halogens is 3. The van der Waals surface area contributed by atoms with Crippen LogP contribution in [-0.4, -0.2) is 28.7 Å². The normalized spacial score (nSPS) is 11.5. The van der Waals surface area contributed by atoms with Gasteiger partial charge in [-0.05, 0) is 17.7 Å². The summed E-state index contributed by atoms with van der Waals surface area (Å²) in [7, 11) is 0. The smallest absolute Gasteiger partial charge is 0.422 e. The van der Waals surface area contributed by atoms with Gasteiger partial charge in [0.1, 0.15) is 0 Å². The van der Waals surface area contributed by atoms with E-state index in [1.54, 1.807) is 18.3 Å².